The number of carbonyl (C=O) groups is 1. The highest BCUT2D eigenvalue weighted by atomic mass is 35.5. The lowest BCUT2D eigenvalue weighted by molar-refractivity contribution is -0.118. The van der Waals surface area contributed by atoms with E-state index in [0.717, 1.165) is 22.4 Å². The molecule has 0 aliphatic heterocycles. The Hall–Kier alpha value is -4.60. The number of carbonyl (C=O) groups excluding carboxylic acids is 1. The zero-order chi connectivity index (χ0) is 28.4. The second kappa shape index (κ2) is 13.6. The van der Waals surface area contributed by atoms with E-state index in [1.807, 2.05) is 89.5 Å². The minimum atomic E-state index is -0.284. The predicted octanol–water partition coefficient (Wildman–Crippen LogP) is 6.42. The van der Waals surface area contributed by atoms with Crippen molar-refractivity contribution in [2.75, 3.05) is 12.9 Å². The number of ether oxygens (including phenoxy) is 2. The summed E-state index contributed by atoms with van der Waals surface area (Å²) >= 11 is 7.36. The molecule has 0 unspecified atom stereocenters. The topological polar surface area (TPSA) is 90.6 Å². The Morgan fingerprint density at radius 3 is 2.41 bits per heavy atom. The van der Waals surface area contributed by atoms with Gasteiger partial charge in [0.25, 0.3) is 5.91 Å². The molecule has 10 heteroatoms. The zero-order valence-corrected chi connectivity index (χ0v) is 23.7. The summed E-state index contributed by atoms with van der Waals surface area (Å²) in [4.78, 5) is 12.6. The molecule has 1 aromatic heterocycles. The molecular weight excluding hydrogens is 558 g/mol. The molecule has 1 N–H and O–H groups in total. The average Bonchev–Trinajstić information content (AvgIpc) is 3.44. The molecule has 0 aliphatic rings. The van der Waals surface area contributed by atoms with Gasteiger partial charge in [-0.15, -0.1) is 10.2 Å². The van der Waals surface area contributed by atoms with Crippen molar-refractivity contribution in [1.29, 1.82) is 0 Å². The van der Waals surface area contributed by atoms with Crippen LogP contribution in [0.1, 0.15) is 11.1 Å². The van der Waals surface area contributed by atoms with Crippen LogP contribution in [0.4, 0.5) is 0 Å². The first-order valence-corrected chi connectivity index (χ1v) is 14.0. The number of hydrogen-bond acceptors (Lipinski definition) is 7. The van der Waals surface area contributed by atoms with Crippen molar-refractivity contribution in [2.45, 2.75) is 11.8 Å². The van der Waals surface area contributed by atoms with Gasteiger partial charge in [0, 0.05) is 16.3 Å². The van der Waals surface area contributed by atoms with E-state index in [1.165, 1.54) is 11.8 Å². The van der Waals surface area contributed by atoms with Crippen molar-refractivity contribution in [2.24, 2.45) is 5.10 Å². The molecule has 8 nitrogen and oxygen atoms in total. The largest absolute Gasteiger partial charge is 0.493 e. The van der Waals surface area contributed by atoms with Crippen molar-refractivity contribution in [1.82, 2.24) is 20.2 Å². The molecule has 0 aliphatic carbocycles. The highest BCUT2D eigenvalue weighted by Gasteiger charge is 2.17. The van der Waals surface area contributed by atoms with E-state index in [0.29, 0.717) is 34.1 Å². The first-order valence-electron chi connectivity index (χ1n) is 12.7. The number of methoxy groups -OCH3 is 1. The van der Waals surface area contributed by atoms with Crippen LogP contribution in [0, 0.1) is 0 Å². The lowest BCUT2D eigenvalue weighted by Crippen LogP contribution is -2.20. The van der Waals surface area contributed by atoms with Crippen LogP contribution < -0.4 is 14.9 Å². The third-order valence-electron chi connectivity index (χ3n) is 5.91. The molecule has 1 amide bonds. The van der Waals surface area contributed by atoms with E-state index in [1.54, 1.807) is 31.5 Å². The summed E-state index contributed by atoms with van der Waals surface area (Å²) in [5, 5.41) is 14.0. The smallest absolute Gasteiger partial charge is 0.250 e. The van der Waals surface area contributed by atoms with Crippen LogP contribution in [-0.4, -0.2) is 39.7 Å². The fraction of sp³-hybridized carbons (Fsp3) is 0.0968. The number of hydrogen-bond donors (Lipinski definition) is 1. The molecule has 1 heterocycles. The highest BCUT2D eigenvalue weighted by Crippen LogP contribution is 2.29. The van der Waals surface area contributed by atoms with Crippen LogP contribution in [0.2, 0.25) is 5.02 Å². The zero-order valence-electron chi connectivity index (χ0n) is 22.1. The van der Waals surface area contributed by atoms with Crippen LogP contribution in [0.15, 0.2) is 113 Å². The van der Waals surface area contributed by atoms with Crippen LogP contribution in [-0.2, 0) is 11.4 Å². The highest BCUT2D eigenvalue weighted by molar-refractivity contribution is 7.99. The summed E-state index contributed by atoms with van der Waals surface area (Å²) in [7, 11) is 1.58. The van der Waals surface area contributed by atoms with E-state index in [-0.39, 0.29) is 11.7 Å². The Balaban J connectivity index is 1.22. The first kappa shape index (κ1) is 27.9. The number of rotatable bonds is 11. The predicted molar refractivity (Wildman–Crippen MR) is 162 cm³/mol. The lowest BCUT2D eigenvalue weighted by atomic mass is 10.2. The number of aromatic nitrogens is 3. The molecular formula is C31H26ClN5O3S. The number of amides is 1. The summed E-state index contributed by atoms with van der Waals surface area (Å²) in [5.41, 5.74) is 6.12. The van der Waals surface area contributed by atoms with Crippen LogP contribution >= 0.6 is 23.4 Å². The molecule has 0 bridgehead atoms. The van der Waals surface area contributed by atoms with Gasteiger partial charge in [-0.3, -0.25) is 9.36 Å². The molecule has 5 rings (SSSR count). The summed E-state index contributed by atoms with van der Waals surface area (Å²) in [5.74, 6) is 1.66. The SMILES string of the molecule is COc1cc(C=NNC(=O)CSc2nnc(-c3ccccc3)n2-c2ccc(Cl)cc2)ccc1OCc1ccccc1. The molecule has 4 aromatic carbocycles. The number of halogens is 1. The molecule has 41 heavy (non-hydrogen) atoms. The first-order chi connectivity index (χ1) is 20.1. The Bertz CT molecular complexity index is 1630. The van der Waals surface area contributed by atoms with Gasteiger partial charge in [-0.05, 0) is 53.6 Å². The number of benzene rings is 4. The van der Waals surface area contributed by atoms with Gasteiger partial charge >= 0.3 is 0 Å². The van der Waals surface area contributed by atoms with E-state index in [2.05, 4.69) is 20.7 Å². The van der Waals surface area contributed by atoms with Gasteiger partial charge in [-0.1, -0.05) is 84.0 Å². The molecule has 0 saturated heterocycles. The lowest BCUT2D eigenvalue weighted by Gasteiger charge is -2.11. The van der Waals surface area contributed by atoms with Crippen LogP contribution in [0.25, 0.3) is 17.1 Å². The summed E-state index contributed by atoms with van der Waals surface area (Å²) in [6, 6.07) is 32.5. The third kappa shape index (κ3) is 7.33. The second-order valence-electron chi connectivity index (χ2n) is 8.75. The monoisotopic (exact) mass is 583 g/mol. The van der Waals surface area contributed by atoms with E-state index < -0.39 is 0 Å². The average molecular weight is 584 g/mol. The van der Waals surface area contributed by atoms with Crippen LogP contribution in [0.5, 0.6) is 11.5 Å². The van der Waals surface area contributed by atoms with Crippen molar-refractivity contribution in [3.63, 3.8) is 0 Å². The summed E-state index contributed by atoms with van der Waals surface area (Å²) in [6.45, 7) is 0.428. The van der Waals surface area contributed by atoms with Crippen molar-refractivity contribution in [3.8, 4) is 28.6 Å². The quantitative estimate of drug-likeness (QED) is 0.110. The molecule has 5 aromatic rings. The maximum Gasteiger partial charge on any atom is 0.250 e. The normalized spacial score (nSPS) is 11.0. The minimum Gasteiger partial charge on any atom is -0.493 e. The maximum absolute atomic E-state index is 12.6. The molecule has 0 radical (unpaired) electrons. The molecule has 0 saturated carbocycles. The fourth-order valence-corrected chi connectivity index (χ4v) is 4.79. The van der Waals surface area contributed by atoms with Crippen molar-refractivity contribution >= 4 is 35.5 Å². The van der Waals surface area contributed by atoms with Crippen LogP contribution in [0.3, 0.4) is 0 Å². The Kier molecular flexibility index (Phi) is 9.30. The maximum atomic E-state index is 12.6. The fourth-order valence-electron chi connectivity index (χ4n) is 3.92. The molecule has 0 atom stereocenters. The Labute approximate surface area is 247 Å². The van der Waals surface area contributed by atoms with E-state index >= 15 is 0 Å². The van der Waals surface area contributed by atoms with Crippen molar-refractivity contribution < 1.29 is 14.3 Å². The summed E-state index contributed by atoms with van der Waals surface area (Å²) < 4.78 is 13.3. The van der Waals surface area contributed by atoms with Gasteiger partial charge in [0.15, 0.2) is 22.5 Å². The van der Waals surface area contributed by atoms with E-state index in [4.69, 9.17) is 21.1 Å². The van der Waals surface area contributed by atoms with Crippen molar-refractivity contribution in [3.05, 3.63) is 119 Å². The van der Waals surface area contributed by atoms with Gasteiger partial charge in [0.05, 0.1) is 19.1 Å². The third-order valence-corrected chi connectivity index (χ3v) is 7.09. The molecule has 206 valence electrons. The molecule has 0 spiro atoms. The van der Waals surface area contributed by atoms with Gasteiger partial charge in [-0.2, -0.15) is 5.10 Å². The summed E-state index contributed by atoms with van der Waals surface area (Å²) in [6.07, 6.45) is 1.55. The number of nitrogens with one attached hydrogen (secondary N) is 1. The van der Waals surface area contributed by atoms with E-state index in [9.17, 15) is 4.79 Å². The number of nitrogens with zero attached hydrogens (tertiary/aromatic N) is 4. The Morgan fingerprint density at radius 1 is 0.951 bits per heavy atom. The van der Waals surface area contributed by atoms with Gasteiger partial charge in [0.1, 0.15) is 6.61 Å². The second-order valence-corrected chi connectivity index (χ2v) is 10.1. The standard InChI is InChI=1S/C31H26ClN5O3S/c1-39-28-18-23(12-17-27(28)40-20-22-8-4-2-5-9-22)19-33-34-29(38)21-41-31-36-35-30(24-10-6-3-7-11-24)37(31)26-15-13-25(32)14-16-26/h2-19H,20-21H2,1H3,(H,34,38). The van der Waals surface area contributed by atoms with Gasteiger partial charge in [-0.25, -0.2) is 5.43 Å². The number of hydrazone groups is 1. The Morgan fingerprint density at radius 2 is 1.68 bits per heavy atom. The van der Waals surface area contributed by atoms with Gasteiger partial charge < -0.3 is 9.47 Å². The molecule has 0 fully saturated rings. The number of thioether (sulfide) groups is 1. The minimum absolute atomic E-state index is 0.0907. The van der Waals surface area contributed by atoms with Gasteiger partial charge in [0.2, 0.25) is 0 Å².